The van der Waals surface area contributed by atoms with E-state index in [-0.39, 0.29) is 5.69 Å². The molecule has 1 aromatic rings. The second-order valence-corrected chi connectivity index (χ2v) is 5.63. The molecule has 2 rings (SSSR count). The summed E-state index contributed by atoms with van der Waals surface area (Å²) in [5.74, 6) is -0.336. The van der Waals surface area contributed by atoms with E-state index in [0.717, 1.165) is 13.1 Å². The van der Waals surface area contributed by atoms with Gasteiger partial charge in [-0.05, 0) is 44.5 Å². The SMILES string of the molecule is CCCCN1CCCCC1CNc1cccc(C(=O)O)n1. The Bertz CT molecular complexity index is 465. The number of rotatable bonds is 7. The molecule has 1 fully saturated rings. The van der Waals surface area contributed by atoms with Gasteiger partial charge in [0.1, 0.15) is 5.82 Å². The first kappa shape index (κ1) is 15.8. The van der Waals surface area contributed by atoms with Crippen molar-refractivity contribution in [3.8, 4) is 0 Å². The number of nitrogens with one attached hydrogen (secondary N) is 1. The minimum Gasteiger partial charge on any atom is -0.477 e. The summed E-state index contributed by atoms with van der Waals surface area (Å²) in [7, 11) is 0. The Morgan fingerprint density at radius 2 is 2.33 bits per heavy atom. The molecule has 21 heavy (non-hydrogen) atoms. The standard InChI is InChI=1S/C16H25N3O2/c1-2-3-10-19-11-5-4-7-13(19)12-17-15-9-6-8-14(18-15)16(20)21/h6,8-9,13H,2-5,7,10-12H2,1H3,(H,17,18)(H,20,21). The summed E-state index contributed by atoms with van der Waals surface area (Å²) in [6.45, 7) is 5.39. The second kappa shape index (κ2) is 7.98. The largest absolute Gasteiger partial charge is 0.477 e. The van der Waals surface area contributed by atoms with Crippen LogP contribution in [0.3, 0.4) is 0 Å². The number of carbonyl (C=O) groups is 1. The van der Waals surface area contributed by atoms with Crippen molar-refractivity contribution >= 4 is 11.8 Å². The zero-order valence-electron chi connectivity index (χ0n) is 12.7. The van der Waals surface area contributed by atoms with Crippen LogP contribution in [0.2, 0.25) is 0 Å². The van der Waals surface area contributed by atoms with E-state index in [9.17, 15) is 4.79 Å². The molecule has 1 saturated heterocycles. The summed E-state index contributed by atoms with van der Waals surface area (Å²) < 4.78 is 0. The van der Waals surface area contributed by atoms with Crippen LogP contribution in [0.25, 0.3) is 0 Å². The topological polar surface area (TPSA) is 65.5 Å². The summed E-state index contributed by atoms with van der Waals surface area (Å²) in [5.41, 5.74) is 0.0893. The highest BCUT2D eigenvalue weighted by Crippen LogP contribution is 2.18. The highest BCUT2D eigenvalue weighted by molar-refractivity contribution is 5.85. The third kappa shape index (κ3) is 4.70. The molecule has 1 aliphatic heterocycles. The van der Waals surface area contributed by atoms with E-state index in [0.29, 0.717) is 11.9 Å². The number of aromatic nitrogens is 1. The van der Waals surface area contributed by atoms with Crippen LogP contribution in [-0.4, -0.2) is 46.6 Å². The average Bonchev–Trinajstić information content (AvgIpc) is 2.52. The molecule has 0 saturated carbocycles. The molecule has 1 aromatic heterocycles. The Balaban J connectivity index is 1.90. The van der Waals surface area contributed by atoms with E-state index < -0.39 is 5.97 Å². The van der Waals surface area contributed by atoms with Gasteiger partial charge >= 0.3 is 5.97 Å². The number of hydrogen-bond donors (Lipinski definition) is 2. The number of hydrogen-bond acceptors (Lipinski definition) is 4. The lowest BCUT2D eigenvalue weighted by Gasteiger charge is -2.36. The van der Waals surface area contributed by atoms with Crippen LogP contribution >= 0.6 is 0 Å². The van der Waals surface area contributed by atoms with Crippen molar-refractivity contribution in [1.82, 2.24) is 9.88 Å². The number of pyridine rings is 1. The molecule has 1 atom stereocenters. The van der Waals surface area contributed by atoms with Crippen LogP contribution < -0.4 is 5.32 Å². The Morgan fingerprint density at radius 1 is 1.48 bits per heavy atom. The quantitative estimate of drug-likeness (QED) is 0.808. The first-order valence-electron chi connectivity index (χ1n) is 7.89. The number of anilines is 1. The molecule has 0 spiro atoms. The van der Waals surface area contributed by atoms with Gasteiger partial charge in [-0.15, -0.1) is 0 Å². The van der Waals surface area contributed by atoms with Gasteiger partial charge in [0, 0.05) is 12.6 Å². The molecular formula is C16H25N3O2. The lowest BCUT2D eigenvalue weighted by molar-refractivity contribution is 0.0690. The highest BCUT2D eigenvalue weighted by Gasteiger charge is 2.21. The van der Waals surface area contributed by atoms with E-state index in [1.807, 2.05) is 6.07 Å². The van der Waals surface area contributed by atoms with Crippen molar-refractivity contribution in [1.29, 1.82) is 0 Å². The smallest absolute Gasteiger partial charge is 0.354 e. The van der Waals surface area contributed by atoms with Gasteiger partial charge in [0.05, 0.1) is 0 Å². The molecule has 5 nitrogen and oxygen atoms in total. The molecule has 0 bridgehead atoms. The van der Waals surface area contributed by atoms with Crippen LogP contribution in [0.15, 0.2) is 18.2 Å². The van der Waals surface area contributed by atoms with Crippen molar-refractivity contribution in [3.05, 3.63) is 23.9 Å². The number of carboxylic acids is 1. The number of aromatic carboxylic acids is 1. The van der Waals surface area contributed by atoms with Gasteiger partial charge in [-0.25, -0.2) is 9.78 Å². The summed E-state index contributed by atoms with van der Waals surface area (Å²) in [5, 5.41) is 12.3. The molecule has 0 amide bonds. The predicted molar refractivity (Wildman–Crippen MR) is 83.8 cm³/mol. The van der Waals surface area contributed by atoms with Gasteiger partial charge in [0.15, 0.2) is 5.69 Å². The normalized spacial score (nSPS) is 19.4. The number of nitrogens with zero attached hydrogens (tertiary/aromatic N) is 2. The molecular weight excluding hydrogens is 266 g/mol. The van der Waals surface area contributed by atoms with E-state index in [2.05, 4.69) is 22.1 Å². The molecule has 1 unspecified atom stereocenters. The van der Waals surface area contributed by atoms with Crippen molar-refractivity contribution < 1.29 is 9.90 Å². The number of unbranched alkanes of at least 4 members (excludes halogenated alkanes) is 1. The second-order valence-electron chi connectivity index (χ2n) is 5.63. The lowest BCUT2D eigenvalue weighted by Crippen LogP contribution is -2.44. The fourth-order valence-electron chi connectivity index (χ4n) is 2.82. The van der Waals surface area contributed by atoms with E-state index in [1.165, 1.54) is 44.7 Å². The van der Waals surface area contributed by atoms with Crippen LogP contribution in [-0.2, 0) is 0 Å². The van der Waals surface area contributed by atoms with Crippen molar-refractivity contribution in [2.45, 2.75) is 45.1 Å². The van der Waals surface area contributed by atoms with Crippen LogP contribution in [0.5, 0.6) is 0 Å². The maximum absolute atomic E-state index is 10.9. The van der Waals surface area contributed by atoms with Crippen molar-refractivity contribution in [2.75, 3.05) is 25.0 Å². The molecule has 0 aromatic carbocycles. The molecule has 5 heteroatoms. The zero-order chi connectivity index (χ0) is 15.1. The predicted octanol–water partition coefficient (Wildman–Crippen LogP) is 2.85. The number of likely N-dealkylation sites (tertiary alicyclic amines) is 1. The Morgan fingerprint density at radius 3 is 3.10 bits per heavy atom. The number of piperidine rings is 1. The minimum atomic E-state index is -0.985. The minimum absolute atomic E-state index is 0.0893. The lowest BCUT2D eigenvalue weighted by atomic mass is 10.0. The Hall–Kier alpha value is -1.62. The van der Waals surface area contributed by atoms with Gasteiger partial charge in [0.2, 0.25) is 0 Å². The van der Waals surface area contributed by atoms with Crippen molar-refractivity contribution in [2.24, 2.45) is 0 Å². The first-order chi connectivity index (χ1) is 10.2. The molecule has 2 N–H and O–H groups in total. The summed E-state index contributed by atoms with van der Waals surface area (Å²) in [6, 6.07) is 5.60. The van der Waals surface area contributed by atoms with E-state index in [1.54, 1.807) is 6.07 Å². The third-order valence-electron chi connectivity index (χ3n) is 4.03. The van der Waals surface area contributed by atoms with Crippen LogP contribution in [0, 0.1) is 0 Å². The van der Waals surface area contributed by atoms with Gasteiger partial charge in [-0.2, -0.15) is 0 Å². The summed E-state index contributed by atoms with van der Waals surface area (Å²) in [6.07, 6.45) is 6.22. The fraction of sp³-hybridized carbons (Fsp3) is 0.625. The van der Waals surface area contributed by atoms with Gasteiger partial charge in [-0.3, -0.25) is 4.90 Å². The molecule has 1 aliphatic rings. The maximum atomic E-state index is 10.9. The zero-order valence-corrected chi connectivity index (χ0v) is 12.7. The van der Waals surface area contributed by atoms with Gasteiger partial charge in [0.25, 0.3) is 0 Å². The molecule has 116 valence electrons. The highest BCUT2D eigenvalue weighted by atomic mass is 16.4. The van der Waals surface area contributed by atoms with Gasteiger partial charge in [-0.1, -0.05) is 25.8 Å². The molecule has 2 heterocycles. The average molecular weight is 291 g/mol. The Labute approximate surface area is 126 Å². The Kier molecular flexibility index (Phi) is 5.99. The van der Waals surface area contributed by atoms with Crippen molar-refractivity contribution in [3.63, 3.8) is 0 Å². The molecule has 0 radical (unpaired) electrons. The van der Waals surface area contributed by atoms with Gasteiger partial charge < -0.3 is 10.4 Å². The summed E-state index contributed by atoms with van der Waals surface area (Å²) in [4.78, 5) is 17.6. The van der Waals surface area contributed by atoms with E-state index in [4.69, 9.17) is 5.11 Å². The van der Waals surface area contributed by atoms with Crippen LogP contribution in [0.4, 0.5) is 5.82 Å². The van der Waals surface area contributed by atoms with E-state index >= 15 is 0 Å². The number of carboxylic acid groups (broad SMARTS) is 1. The third-order valence-corrected chi connectivity index (χ3v) is 4.03. The monoisotopic (exact) mass is 291 g/mol. The summed E-state index contributed by atoms with van der Waals surface area (Å²) >= 11 is 0. The van der Waals surface area contributed by atoms with Crippen LogP contribution in [0.1, 0.15) is 49.5 Å². The maximum Gasteiger partial charge on any atom is 0.354 e. The first-order valence-corrected chi connectivity index (χ1v) is 7.89. The molecule has 0 aliphatic carbocycles. The fourth-order valence-corrected chi connectivity index (χ4v) is 2.82.